The molecule has 0 bridgehead atoms. The number of hydrogen-bond acceptors (Lipinski definition) is 2. The van der Waals surface area contributed by atoms with Gasteiger partial charge in [0.15, 0.2) is 5.15 Å². The summed E-state index contributed by atoms with van der Waals surface area (Å²) in [4.78, 5) is 7.69. The normalized spacial score (nSPS) is 10.8. The Labute approximate surface area is 125 Å². The molecule has 1 heterocycles. The number of aromatic nitrogens is 2. The maximum Gasteiger partial charge on any atom is 0.152 e. The fourth-order valence-electron chi connectivity index (χ4n) is 2.13. The number of nitrogens with one attached hydrogen (secondary N) is 2. The first-order chi connectivity index (χ1) is 9.60. The lowest BCUT2D eigenvalue weighted by atomic mass is 10.1. The van der Waals surface area contributed by atoms with Gasteiger partial charge in [0, 0.05) is 12.1 Å². The van der Waals surface area contributed by atoms with Crippen LogP contribution < -0.4 is 5.32 Å². The van der Waals surface area contributed by atoms with Crippen LogP contribution in [0, 0.1) is 13.8 Å². The molecule has 0 fully saturated rings. The number of aromatic amines is 1. The van der Waals surface area contributed by atoms with Gasteiger partial charge in [0.05, 0.1) is 12.2 Å². The molecule has 2 N–H and O–H groups in total. The van der Waals surface area contributed by atoms with Crippen LogP contribution >= 0.6 is 11.6 Å². The Bertz CT molecular complexity index is 575. The monoisotopic (exact) mass is 291 g/mol. The van der Waals surface area contributed by atoms with E-state index in [0.717, 1.165) is 36.5 Å². The van der Waals surface area contributed by atoms with E-state index < -0.39 is 0 Å². The van der Waals surface area contributed by atoms with Crippen molar-refractivity contribution in [1.82, 2.24) is 9.97 Å². The number of hydrogen-bond donors (Lipinski definition) is 2. The largest absolute Gasteiger partial charge is 0.379 e. The van der Waals surface area contributed by atoms with Gasteiger partial charge in [-0.25, -0.2) is 4.98 Å². The smallest absolute Gasteiger partial charge is 0.152 e. The molecule has 3 nitrogen and oxygen atoms in total. The van der Waals surface area contributed by atoms with E-state index in [2.05, 4.69) is 54.3 Å². The average molecular weight is 292 g/mol. The molecule has 0 amide bonds. The molecule has 0 saturated carbocycles. The summed E-state index contributed by atoms with van der Waals surface area (Å²) in [5, 5.41) is 4.00. The molecule has 0 spiro atoms. The summed E-state index contributed by atoms with van der Waals surface area (Å²) < 4.78 is 0. The SMILES string of the molecule is CCCCc1nc(Cl)c(CNc2cc(C)ccc2C)[nH]1. The number of nitrogens with zero attached hydrogens (tertiary/aromatic N) is 1. The highest BCUT2D eigenvalue weighted by atomic mass is 35.5. The number of anilines is 1. The summed E-state index contributed by atoms with van der Waals surface area (Å²) in [7, 11) is 0. The van der Waals surface area contributed by atoms with Gasteiger partial charge in [-0.3, -0.25) is 0 Å². The first-order valence-corrected chi connectivity index (χ1v) is 7.52. The van der Waals surface area contributed by atoms with Crippen molar-refractivity contribution >= 4 is 17.3 Å². The first-order valence-electron chi connectivity index (χ1n) is 7.14. The second kappa shape index (κ2) is 6.80. The van der Waals surface area contributed by atoms with Crippen molar-refractivity contribution in [2.45, 2.75) is 46.6 Å². The van der Waals surface area contributed by atoms with Gasteiger partial charge >= 0.3 is 0 Å². The van der Waals surface area contributed by atoms with Crippen LogP contribution in [0.5, 0.6) is 0 Å². The summed E-state index contributed by atoms with van der Waals surface area (Å²) in [5.74, 6) is 0.981. The molecule has 108 valence electrons. The third-order valence-corrected chi connectivity index (χ3v) is 3.71. The lowest BCUT2D eigenvalue weighted by Gasteiger charge is -2.09. The van der Waals surface area contributed by atoms with Gasteiger partial charge in [0.1, 0.15) is 5.82 Å². The lowest BCUT2D eigenvalue weighted by molar-refractivity contribution is 0.760. The topological polar surface area (TPSA) is 40.7 Å². The Balaban J connectivity index is 2.03. The van der Waals surface area contributed by atoms with Gasteiger partial charge in [0.25, 0.3) is 0 Å². The van der Waals surface area contributed by atoms with Crippen LogP contribution in [0.1, 0.15) is 42.4 Å². The van der Waals surface area contributed by atoms with Crippen molar-refractivity contribution in [3.05, 3.63) is 46.0 Å². The molecular formula is C16H22ClN3. The lowest BCUT2D eigenvalue weighted by Crippen LogP contribution is -2.02. The molecule has 20 heavy (non-hydrogen) atoms. The van der Waals surface area contributed by atoms with Crippen molar-refractivity contribution in [3.63, 3.8) is 0 Å². The van der Waals surface area contributed by atoms with Gasteiger partial charge in [-0.05, 0) is 37.5 Å². The molecule has 4 heteroatoms. The van der Waals surface area contributed by atoms with E-state index in [1.54, 1.807) is 0 Å². The Kier molecular flexibility index (Phi) is 5.07. The average Bonchev–Trinajstić information content (AvgIpc) is 2.78. The van der Waals surface area contributed by atoms with Crippen molar-refractivity contribution < 1.29 is 0 Å². The number of imidazole rings is 1. The molecule has 0 radical (unpaired) electrons. The minimum atomic E-state index is 0.578. The zero-order chi connectivity index (χ0) is 14.5. The summed E-state index contributed by atoms with van der Waals surface area (Å²) in [6.07, 6.45) is 3.25. The van der Waals surface area contributed by atoms with E-state index in [1.165, 1.54) is 11.1 Å². The van der Waals surface area contributed by atoms with Crippen molar-refractivity contribution in [2.24, 2.45) is 0 Å². The maximum absolute atomic E-state index is 6.18. The van der Waals surface area contributed by atoms with Gasteiger partial charge in [-0.15, -0.1) is 0 Å². The molecule has 0 aliphatic carbocycles. The highest BCUT2D eigenvalue weighted by Crippen LogP contribution is 2.19. The van der Waals surface area contributed by atoms with E-state index in [-0.39, 0.29) is 0 Å². The third kappa shape index (κ3) is 3.76. The number of halogens is 1. The van der Waals surface area contributed by atoms with Crippen molar-refractivity contribution in [2.75, 3.05) is 5.32 Å². The van der Waals surface area contributed by atoms with Gasteiger partial charge < -0.3 is 10.3 Å². The zero-order valence-corrected chi connectivity index (χ0v) is 13.1. The minimum absolute atomic E-state index is 0.578. The number of aryl methyl sites for hydroxylation is 3. The van der Waals surface area contributed by atoms with Crippen molar-refractivity contribution in [1.29, 1.82) is 0 Å². The van der Waals surface area contributed by atoms with Gasteiger partial charge in [-0.1, -0.05) is 37.1 Å². The van der Waals surface area contributed by atoms with Crippen LogP contribution in [0.3, 0.4) is 0 Å². The van der Waals surface area contributed by atoms with Crippen LogP contribution in [0.4, 0.5) is 5.69 Å². The number of unbranched alkanes of at least 4 members (excludes halogenated alkanes) is 1. The van der Waals surface area contributed by atoms with Crippen LogP contribution in [-0.2, 0) is 13.0 Å². The molecular weight excluding hydrogens is 270 g/mol. The van der Waals surface area contributed by atoms with Crippen molar-refractivity contribution in [3.8, 4) is 0 Å². The number of H-pyrrole nitrogens is 1. The molecule has 2 rings (SSSR count). The molecule has 0 aliphatic heterocycles. The highest BCUT2D eigenvalue weighted by molar-refractivity contribution is 6.30. The maximum atomic E-state index is 6.18. The van der Waals surface area contributed by atoms with Crippen LogP contribution in [0.15, 0.2) is 18.2 Å². The molecule has 0 unspecified atom stereocenters. The first kappa shape index (κ1) is 14.9. The number of benzene rings is 1. The van der Waals surface area contributed by atoms with Crippen LogP contribution in [0.2, 0.25) is 5.15 Å². The molecule has 2 aromatic rings. The Morgan fingerprint density at radius 1 is 1.30 bits per heavy atom. The zero-order valence-electron chi connectivity index (χ0n) is 12.4. The van der Waals surface area contributed by atoms with Gasteiger partial charge in [-0.2, -0.15) is 0 Å². The molecule has 1 aromatic heterocycles. The summed E-state index contributed by atoms with van der Waals surface area (Å²) >= 11 is 6.18. The highest BCUT2D eigenvalue weighted by Gasteiger charge is 2.08. The van der Waals surface area contributed by atoms with E-state index in [1.807, 2.05) is 0 Å². The summed E-state index contributed by atoms with van der Waals surface area (Å²) in [6, 6.07) is 6.39. The molecule has 0 saturated heterocycles. The fraction of sp³-hybridized carbons (Fsp3) is 0.438. The Hall–Kier alpha value is -1.48. The van der Waals surface area contributed by atoms with Crippen LogP contribution in [-0.4, -0.2) is 9.97 Å². The van der Waals surface area contributed by atoms with Gasteiger partial charge in [0.2, 0.25) is 0 Å². The molecule has 0 aliphatic rings. The minimum Gasteiger partial charge on any atom is -0.379 e. The Morgan fingerprint density at radius 3 is 2.85 bits per heavy atom. The predicted molar refractivity (Wildman–Crippen MR) is 85.5 cm³/mol. The van der Waals surface area contributed by atoms with E-state index in [0.29, 0.717) is 11.7 Å². The molecule has 0 atom stereocenters. The second-order valence-electron chi connectivity index (χ2n) is 5.23. The van der Waals surface area contributed by atoms with E-state index in [9.17, 15) is 0 Å². The quantitative estimate of drug-likeness (QED) is 0.814. The van der Waals surface area contributed by atoms with Crippen LogP contribution in [0.25, 0.3) is 0 Å². The standard InChI is InChI=1S/C16H22ClN3/c1-4-5-6-15-19-14(16(17)20-15)10-18-13-9-11(2)7-8-12(13)3/h7-9,18H,4-6,10H2,1-3H3,(H,19,20). The van der Waals surface area contributed by atoms with E-state index in [4.69, 9.17) is 11.6 Å². The van der Waals surface area contributed by atoms with E-state index >= 15 is 0 Å². The Morgan fingerprint density at radius 2 is 2.10 bits per heavy atom. The number of rotatable bonds is 6. The summed E-state index contributed by atoms with van der Waals surface area (Å²) in [6.45, 7) is 7.04. The summed E-state index contributed by atoms with van der Waals surface area (Å²) in [5.41, 5.74) is 4.58. The second-order valence-corrected chi connectivity index (χ2v) is 5.59. The predicted octanol–water partition coefficient (Wildman–Crippen LogP) is 4.63. The third-order valence-electron chi connectivity index (χ3n) is 3.39. The fourth-order valence-corrected chi connectivity index (χ4v) is 2.35. The molecule has 1 aromatic carbocycles.